The molecule has 0 bridgehead atoms. The number of rotatable bonds is 5. The zero-order chi connectivity index (χ0) is 24.1. The van der Waals surface area contributed by atoms with Gasteiger partial charge in [-0.3, -0.25) is 4.98 Å². The fourth-order valence-corrected chi connectivity index (χ4v) is 5.18. The Morgan fingerprint density at radius 3 is 2.80 bits per heavy atom. The number of halogens is 2. The van der Waals surface area contributed by atoms with E-state index in [1.165, 1.54) is 57.5 Å². The third-order valence-electron chi connectivity index (χ3n) is 6.79. The van der Waals surface area contributed by atoms with Gasteiger partial charge >= 0.3 is 31.1 Å². The molecule has 5 nitrogen and oxygen atoms in total. The van der Waals surface area contributed by atoms with Crippen LogP contribution in [0.1, 0.15) is 31.7 Å². The van der Waals surface area contributed by atoms with Crippen LogP contribution in [0.15, 0.2) is 36.7 Å². The van der Waals surface area contributed by atoms with Crippen LogP contribution in [0.4, 0.5) is 15.9 Å². The Hall–Kier alpha value is -1.23. The van der Waals surface area contributed by atoms with E-state index in [1.54, 1.807) is 6.07 Å². The van der Waals surface area contributed by atoms with E-state index in [0.717, 1.165) is 41.3 Å². The number of hydrogen-bond donors (Lipinski definition) is 1. The fourth-order valence-electron chi connectivity index (χ4n) is 5.00. The summed E-state index contributed by atoms with van der Waals surface area (Å²) in [6.07, 6.45) is 6.25. The summed E-state index contributed by atoms with van der Waals surface area (Å²) >= 11 is 5.78. The molecule has 2 aliphatic rings. The molecular weight excluding hydrogens is 687 g/mol. The minimum absolute atomic E-state index is 0. The van der Waals surface area contributed by atoms with Crippen LogP contribution in [-0.2, 0) is 6.42 Å². The maximum atomic E-state index is 13.2. The van der Waals surface area contributed by atoms with Crippen molar-refractivity contribution in [3.8, 4) is 0 Å². The van der Waals surface area contributed by atoms with E-state index in [-0.39, 0.29) is 36.1 Å². The van der Waals surface area contributed by atoms with E-state index in [0.29, 0.717) is 11.5 Å². The second kappa shape index (κ2) is 13.4. The second-order valence-electron chi connectivity index (χ2n) is 9.14. The Balaban J connectivity index is 0.000000211. The van der Waals surface area contributed by atoms with Crippen LogP contribution in [0.2, 0.25) is 5.02 Å². The second-order valence-corrected chi connectivity index (χ2v) is 9.55. The van der Waals surface area contributed by atoms with Gasteiger partial charge in [-0.15, -0.1) is 6.07 Å². The smallest absolute Gasteiger partial charge is 0.350 e. The van der Waals surface area contributed by atoms with Gasteiger partial charge < -0.3 is 22.0 Å². The van der Waals surface area contributed by atoms with E-state index in [2.05, 4.69) is 52.0 Å². The van der Waals surface area contributed by atoms with Crippen LogP contribution in [0.3, 0.4) is 0 Å². The number of benzene rings is 2. The summed E-state index contributed by atoms with van der Waals surface area (Å²) < 4.78 is 13.2. The number of piperidine rings is 1. The molecule has 0 saturated carbocycles. The average molecular weight is 720 g/mol. The van der Waals surface area contributed by atoms with Gasteiger partial charge in [0.1, 0.15) is 12.1 Å². The quantitative estimate of drug-likeness (QED) is 0.340. The number of fused-ring (bicyclic) bond motifs is 2. The fraction of sp³-hybridized carbons (Fsp3) is 0.444. The minimum atomic E-state index is -0.448. The summed E-state index contributed by atoms with van der Waals surface area (Å²) in [5.74, 6) is 1.14. The molecule has 2 saturated heterocycles. The predicted octanol–water partition coefficient (Wildman–Crippen LogP) is 5.77. The van der Waals surface area contributed by atoms with E-state index in [4.69, 9.17) is 11.6 Å². The molecule has 0 radical (unpaired) electrons. The van der Waals surface area contributed by atoms with Crippen molar-refractivity contribution >= 4 is 34.0 Å². The maximum Gasteiger partial charge on any atom is 2.00 e. The number of hydrogen-bond acceptors (Lipinski definition) is 5. The van der Waals surface area contributed by atoms with Crippen molar-refractivity contribution in [2.75, 3.05) is 38.5 Å². The Kier molecular flexibility index (Phi) is 10.8. The largest absolute Gasteiger partial charge is 2.00 e. The first-order valence-corrected chi connectivity index (χ1v) is 12.5. The van der Waals surface area contributed by atoms with Crippen molar-refractivity contribution in [3.05, 3.63) is 66.1 Å². The van der Waals surface area contributed by atoms with Crippen LogP contribution in [0, 0.1) is 55.8 Å². The Bertz CT molecular complexity index is 1110. The summed E-state index contributed by atoms with van der Waals surface area (Å²) in [5.41, 5.74) is 2.61. The average Bonchev–Trinajstić information content (AvgIpc) is 3.23. The number of likely N-dealkylation sites (tertiary alicyclic amines) is 2. The minimum Gasteiger partial charge on any atom is -0.350 e. The summed E-state index contributed by atoms with van der Waals surface area (Å²) in [5, 5.41) is 4.05. The predicted molar refractivity (Wildman–Crippen MR) is 138 cm³/mol. The zero-order valence-corrected chi connectivity index (χ0v) is 25.4. The van der Waals surface area contributed by atoms with E-state index in [9.17, 15) is 4.39 Å². The van der Waals surface area contributed by atoms with Gasteiger partial charge in [-0.1, -0.05) is 30.3 Å². The molecule has 2 atom stereocenters. The van der Waals surface area contributed by atoms with Crippen molar-refractivity contribution in [2.45, 2.75) is 38.6 Å². The van der Waals surface area contributed by atoms with Gasteiger partial charge in [0.05, 0.1) is 10.8 Å². The first-order chi connectivity index (χ1) is 16.5. The van der Waals surface area contributed by atoms with Crippen molar-refractivity contribution in [1.82, 2.24) is 19.8 Å². The molecule has 1 N–H and O–H groups in total. The molecule has 3 heterocycles. The molecule has 2 aromatic carbocycles. The zero-order valence-electron chi connectivity index (χ0n) is 20.5. The van der Waals surface area contributed by atoms with Gasteiger partial charge in [0, 0.05) is 18.3 Å². The van der Waals surface area contributed by atoms with E-state index >= 15 is 0 Å². The molecule has 1 aromatic heterocycles. The normalized spacial score (nSPS) is 20.0. The third kappa shape index (κ3) is 7.17. The van der Waals surface area contributed by atoms with Gasteiger partial charge in [-0.25, -0.2) is 9.37 Å². The molecule has 8 heteroatoms. The van der Waals surface area contributed by atoms with Gasteiger partial charge in [0.2, 0.25) is 0 Å². The number of anilines is 2. The standard InChI is InChI=1S/C16H12ClFN3.C11H21N2.U/c1-2-10-3-5-12-15(7-10)19-9-20-16(12)21-11-4-6-14(18)13(17)8-11;1-3-6-13-8-4-10-9-12(2)7-5-11(10)13;/h4-9H,2H2,1H3,(H,19,20,21);10-11H,1,3-9H2,2H3;/q2*-1;+2. The van der Waals surface area contributed by atoms with Crippen LogP contribution in [0.25, 0.3) is 10.9 Å². The monoisotopic (exact) mass is 719 g/mol. The Morgan fingerprint density at radius 2 is 2.06 bits per heavy atom. The summed E-state index contributed by atoms with van der Waals surface area (Å²) in [4.78, 5) is 13.6. The Labute approximate surface area is 237 Å². The van der Waals surface area contributed by atoms with Crippen LogP contribution in [0.5, 0.6) is 0 Å². The number of aromatic nitrogens is 2. The summed E-state index contributed by atoms with van der Waals surface area (Å²) in [7, 11) is 2.25. The van der Waals surface area contributed by atoms with Crippen LogP contribution < -0.4 is 5.32 Å². The van der Waals surface area contributed by atoms with Crippen LogP contribution >= 0.6 is 11.6 Å². The van der Waals surface area contributed by atoms with Gasteiger partial charge in [-0.05, 0) is 69.2 Å². The van der Waals surface area contributed by atoms with E-state index < -0.39 is 5.82 Å². The molecule has 0 amide bonds. The van der Waals surface area contributed by atoms with Crippen molar-refractivity contribution in [3.63, 3.8) is 0 Å². The molecule has 35 heavy (non-hydrogen) atoms. The van der Waals surface area contributed by atoms with Crippen LogP contribution in [-0.4, -0.2) is 59.0 Å². The maximum absolute atomic E-state index is 13.2. The Morgan fingerprint density at radius 1 is 1.23 bits per heavy atom. The molecule has 5 rings (SSSR count). The van der Waals surface area contributed by atoms with Gasteiger partial charge in [-0.2, -0.15) is 24.1 Å². The number of aryl methyl sites for hydroxylation is 1. The molecular formula is C27H33ClFN5U. The molecule has 0 aliphatic carbocycles. The molecule has 0 spiro atoms. The van der Waals surface area contributed by atoms with Gasteiger partial charge in [0.25, 0.3) is 0 Å². The molecule has 184 valence electrons. The topological polar surface area (TPSA) is 44.3 Å². The van der Waals surface area contributed by atoms with Crippen molar-refractivity contribution in [2.24, 2.45) is 5.92 Å². The third-order valence-corrected chi connectivity index (χ3v) is 7.08. The van der Waals surface area contributed by atoms with Crippen molar-refractivity contribution < 1.29 is 35.5 Å². The molecule has 2 aliphatic heterocycles. The number of nitrogens with zero attached hydrogens (tertiary/aromatic N) is 4. The first kappa shape index (κ1) is 28.3. The molecule has 2 unspecified atom stereocenters. The SMILES string of the molecule is CCc1[c-]cc2c(Nc3ccc(F)c(Cl)c3)ncnc2c1.[CH2-]CCN1CCC2CN(C)CCC21.[U+2]. The summed E-state index contributed by atoms with van der Waals surface area (Å²) in [6, 6.07) is 12.4. The van der Waals surface area contributed by atoms with Crippen molar-refractivity contribution in [1.29, 1.82) is 0 Å². The molecule has 3 aromatic rings. The summed E-state index contributed by atoms with van der Waals surface area (Å²) in [6.45, 7) is 11.2. The van der Waals surface area contributed by atoms with E-state index in [1.807, 2.05) is 12.1 Å². The molecule has 2 fully saturated rings. The first-order valence-electron chi connectivity index (χ1n) is 12.1. The van der Waals surface area contributed by atoms with Gasteiger partial charge in [0.15, 0.2) is 0 Å². The number of nitrogens with one attached hydrogen (secondary N) is 1.